The van der Waals surface area contributed by atoms with E-state index >= 15 is 0 Å². The Morgan fingerprint density at radius 3 is 2.44 bits per heavy atom. The molecule has 4 heteroatoms. The van der Waals surface area contributed by atoms with Crippen LogP contribution in [0.25, 0.3) is 0 Å². The van der Waals surface area contributed by atoms with Crippen LogP contribution in [-0.4, -0.2) is 16.1 Å². The van der Waals surface area contributed by atoms with Crippen molar-refractivity contribution in [2.24, 2.45) is 0 Å². The molecular weight excluding hydrogens is 246 g/mol. The first-order chi connectivity index (χ1) is 8.65. The molecule has 2 aromatic rings. The van der Waals surface area contributed by atoms with Crippen molar-refractivity contribution < 1.29 is 9.90 Å². The molecule has 0 spiro atoms. The van der Waals surface area contributed by atoms with Crippen molar-refractivity contribution in [3.63, 3.8) is 0 Å². The molecule has 1 N–H and O–H groups in total. The molecule has 0 fully saturated rings. The summed E-state index contributed by atoms with van der Waals surface area (Å²) in [6.07, 6.45) is 1.95. The zero-order valence-electron chi connectivity index (χ0n) is 10.0. The van der Waals surface area contributed by atoms with Gasteiger partial charge in [-0.05, 0) is 30.9 Å². The quantitative estimate of drug-likeness (QED) is 0.901. The van der Waals surface area contributed by atoms with Crippen LogP contribution in [0.1, 0.15) is 37.4 Å². The zero-order valence-corrected chi connectivity index (χ0v) is 10.8. The molecule has 0 saturated heterocycles. The number of aromatic carboxylic acids is 1. The summed E-state index contributed by atoms with van der Waals surface area (Å²) in [6, 6.07) is 8.40. The molecule has 1 aliphatic rings. The maximum Gasteiger partial charge on any atom is 0.347 e. The highest BCUT2D eigenvalue weighted by Crippen LogP contribution is 2.36. The van der Waals surface area contributed by atoms with E-state index in [0.717, 1.165) is 17.8 Å². The highest BCUT2D eigenvalue weighted by molar-refractivity contribution is 7.13. The molecule has 0 radical (unpaired) electrons. The lowest BCUT2D eigenvalue weighted by molar-refractivity contribution is 0.0701. The van der Waals surface area contributed by atoms with Crippen LogP contribution >= 0.6 is 11.3 Å². The number of hydrogen-bond acceptors (Lipinski definition) is 3. The van der Waals surface area contributed by atoms with Crippen molar-refractivity contribution in [3.05, 3.63) is 51.0 Å². The van der Waals surface area contributed by atoms with Crippen molar-refractivity contribution in [2.45, 2.75) is 25.7 Å². The maximum atomic E-state index is 11.0. The van der Waals surface area contributed by atoms with Crippen LogP contribution in [0, 0.1) is 6.92 Å². The third-order valence-corrected chi connectivity index (χ3v) is 4.72. The number of carboxylic acids is 1. The monoisotopic (exact) mass is 259 g/mol. The summed E-state index contributed by atoms with van der Waals surface area (Å²) in [6.45, 7) is 1.77. The predicted molar refractivity (Wildman–Crippen MR) is 70.4 cm³/mol. The van der Waals surface area contributed by atoms with E-state index in [1.807, 2.05) is 0 Å². The molecule has 92 valence electrons. The van der Waals surface area contributed by atoms with Crippen LogP contribution in [0.2, 0.25) is 0 Å². The second-order valence-corrected chi connectivity index (χ2v) is 5.68. The maximum absolute atomic E-state index is 11.0. The minimum Gasteiger partial charge on any atom is -0.477 e. The topological polar surface area (TPSA) is 50.2 Å². The number of aromatic nitrogens is 1. The van der Waals surface area contributed by atoms with E-state index in [4.69, 9.17) is 5.11 Å². The van der Waals surface area contributed by atoms with Crippen molar-refractivity contribution in [1.82, 2.24) is 4.98 Å². The molecule has 0 amide bonds. The number of rotatable bonds is 2. The van der Waals surface area contributed by atoms with E-state index in [1.54, 1.807) is 6.92 Å². The second kappa shape index (κ2) is 4.21. The van der Waals surface area contributed by atoms with Gasteiger partial charge in [-0.1, -0.05) is 24.3 Å². The largest absolute Gasteiger partial charge is 0.477 e. The Bertz CT molecular complexity index is 593. The van der Waals surface area contributed by atoms with E-state index in [0.29, 0.717) is 16.5 Å². The van der Waals surface area contributed by atoms with Gasteiger partial charge in [0, 0.05) is 5.92 Å². The summed E-state index contributed by atoms with van der Waals surface area (Å²) >= 11 is 1.32. The summed E-state index contributed by atoms with van der Waals surface area (Å²) in [5.74, 6) is -0.522. The van der Waals surface area contributed by atoms with Crippen LogP contribution in [0.5, 0.6) is 0 Å². The Morgan fingerprint density at radius 1 is 1.33 bits per heavy atom. The smallest absolute Gasteiger partial charge is 0.347 e. The average molecular weight is 259 g/mol. The molecule has 1 heterocycles. The first-order valence-electron chi connectivity index (χ1n) is 5.92. The molecule has 3 nitrogen and oxygen atoms in total. The van der Waals surface area contributed by atoms with Crippen molar-refractivity contribution in [1.29, 1.82) is 0 Å². The lowest BCUT2D eigenvalue weighted by Gasteiger charge is -2.02. The summed E-state index contributed by atoms with van der Waals surface area (Å²) in [4.78, 5) is 15.8. The molecule has 3 rings (SSSR count). The highest BCUT2D eigenvalue weighted by Gasteiger charge is 2.26. The fourth-order valence-electron chi connectivity index (χ4n) is 2.52. The van der Waals surface area contributed by atoms with E-state index in [9.17, 15) is 4.79 Å². The van der Waals surface area contributed by atoms with Gasteiger partial charge in [0.15, 0.2) is 0 Å². The first-order valence-corrected chi connectivity index (χ1v) is 6.74. The van der Waals surface area contributed by atoms with E-state index in [2.05, 4.69) is 29.2 Å². The van der Waals surface area contributed by atoms with Gasteiger partial charge in [-0.15, -0.1) is 11.3 Å². The molecule has 0 aliphatic heterocycles. The molecule has 0 saturated carbocycles. The summed E-state index contributed by atoms with van der Waals surface area (Å²) in [5, 5.41) is 10.0. The fourth-order valence-corrected chi connectivity index (χ4v) is 3.53. The van der Waals surface area contributed by atoms with Gasteiger partial charge in [0.2, 0.25) is 0 Å². The Morgan fingerprint density at radius 2 is 1.94 bits per heavy atom. The lowest BCUT2D eigenvalue weighted by atomic mass is 10.1. The lowest BCUT2D eigenvalue weighted by Crippen LogP contribution is -1.96. The number of carboxylic acid groups (broad SMARTS) is 1. The Labute approximate surface area is 109 Å². The predicted octanol–water partition coefficient (Wildman–Crippen LogP) is 3.03. The first kappa shape index (κ1) is 11.4. The number of carbonyl (C=O) groups is 1. The Kier molecular flexibility index (Phi) is 2.67. The molecule has 18 heavy (non-hydrogen) atoms. The van der Waals surface area contributed by atoms with Crippen LogP contribution in [0.4, 0.5) is 0 Å². The Hall–Kier alpha value is -1.68. The summed E-state index contributed by atoms with van der Waals surface area (Å²) < 4.78 is 0. The molecule has 1 aliphatic carbocycles. The number of aryl methyl sites for hydroxylation is 1. The number of thiazole rings is 1. The molecule has 0 atom stereocenters. The van der Waals surface area contributed by atoms with Gasteiger partial charge in [-0.3, -0.25) is 0 Å². The average Bonchev–Trinajstić information content (AvgIpc) is 2.91. The van der Waals surface area contributed by atoms with E-state index in [1.165, 1.54) is 22.5 Å². The second-order valence-electron chi connectivity index (χ2n) is 4.65. The van der Waals surface area contributed by atoms with Crippen LogP contribution < -0.4 is 0 Å². The van der Waals surface area contributed by atoms with Crippen LogP contribution in [0.15, 0.2) is 24.3 Å². The number of nitrogens with zero attached hydrogens (tertiary/aromatic N) is 1. The van der Waals surface area contributed by atoms with Gasteiger partial charge >= 0.3 is 5.97 Å². The highest BCUT2D eigenvalue weighted by atomic mass is 32.1. The van der Waals surface area contributed by atoms with Gasteiger partial charge in [0.05, 0.1) is 10.7 Å². The standard InChI is InChI=1S/C14H13NO2S/c1-8-12(14(16)17)18-13(15-8)11-6-9-4-2-3-5-10(9)7-11/h2-5,11H,6-7H2,1H3,(H,16,17). The van der Waals surface area contributed by atoms with Gasteiger partial charge < -0.3 is 5.11 Å². The minimum absolute atomic E-state index is 0.346. The number of benzene rings is 1. The SMILES string of the molecule is Cc1nc(C2Cc3ccccc3C2)sc1C(=O)O. The summed E-state index contributed by atoms with van der Waals surface area (Å²) in [5.41, 5.74) is 3.37. The van der Waals surface area contributed by atoms with Gasteiger partial charge in [0.1, 0.15) is 4.88 Å². The molecular formula is C14H13NO2S. The van der Waals surface area contributed by atoms with E-state index in [-0.39, 0.29) is 0 Å². The van der Waals surface area contributed by atoms with Crippen LogP contribution in [0.3, 0.4) is 0 Å². The summed E-state index contributed by atoms with van der Waals surface area (Å²) in [7, 11) is 0. The van der Waals surface area contributed by atoms with Gasteiger partial charge in [0.25, 0.3) is 0 Å². The van der Waals surface area contributed by atoms with Crippen molar-refractivity contribution in [3.8, 4) is 0 Å². The van der Waals surface area contributed by atoms with Crippen molar-refractivity contribution in [2.75, 3.05) is 0 Å². The third-order valence-electron chi connectivity index (χ3n) is 3.41. The Balaban J connectivity index is 1.91. The molecule has 0 unspecified atom stereocenters. The van der Waals surface area contributed by atoms with Gasteiger partial charge in [-0.25, -0.2) is 9.78 Å². The normalized spacial score (nSPS) is 14.7. The fraction of sp³-hybridized carbons (Fsp3) is 0.286. The van der Waals surface area contributed by atoms with Crippen molar-refractivity contribution >= 4 is 17.3 Å². The molecule has 0 bridgehead atoms. The molecule has 1 aromatic carbocycles. The minimum atomic E-state index is -0.869. The zero-order chi connectivity index (χ0) is 12.7. The number of hydrogen-bond donors (Lipinski definition) is 1. The van der Waals surface area contributed by atoms with Gasteiger partial charge in [-0.2, -0.15) is 0 Å². The molecule has 1 aromatic heterocycles. The third kappa shape index (κ3) is 1.82. The number of fused-ring (bicyclic) bond motifs is 1. The van der Waals surface area contributed by atoms with E-state index < -0.39 is 5.97 Å². The van der Waals surface area contributed by atoms with Crippen LogP contribution in [-0.2, 0) is 12.8 Å².